The van der Waals surface area contributed by atoms with Crippen molar-refractivity contribution in [1.82, 2.24) is 9.80 Å². The Morgan fingerprint density at radius 2 is 1.72 bits per heavy atom. The summed E-state index contributed by atoms with van der Waals surface area (Å²) in [6.45, 7) is 3.44. The van der Waals surface area contributed by atoms with Crippen LogP contribution >= 0.6 is 15.9 Å². The molecule has 1 heterocycles. The molecular weight excluding hydrogens is 472 g/mol. The quantitative estimate of drug-likeness (QED) is 0.489. The molecule has 0 bridgehead atoms. The highest BCUT2D eigenvalue weighted by atomic mass is 79.9. The number of benzene rings is 2. The van der Waals surface area contributed by atoms with Gasteiger partial charge < -0.3 is 24.0 Å². The topological polar surface area (TPSA) is 51.2 Å². The SMILES string of the molecule is COc1cc2c(cc1Br)CCN(CCCN(C)CCc1ccc(OC)c(OC)c1)C(=O)C2. The molecule has 1 aliphatic heterocycles. The van der Waals surface area contributed by atoms with Gasteiger partial charge in [0, 0.05) is 19.6 Å². The number of hydrogen-bond acceptors (Lipinski definition) is 5. The Morgan fingerprint density at radius 3 is 2.44 bits per heavy atom. The van der Waals surface area contributed by atoms with Gasteiger partial charge in [-0.15, -0.1) is 0 Å². The summed E-state index contributed by atoms with van der Waals surface area (Å²) in [5, 5.41) is 0. The third-order valence-electron chi connectivity index (χ3n) is 6.02. The zero-order chi connectivity index (χ0) is 23.1. The number of nitrogens with zero attached hydrogens (tertiary/aromatic N) is 2. The molecule has 0 N–H and O–H groups in total. The molecule has 0 radical (unpaired) electrons. The van der Waals surface area contributed by atoms with Crippen LogP contribution in [0.25, 0.3) is 0 Å². The van der Waals surface area contributed by atoms with Crippen LogP contribution in [0.2, 0.25) is 0 Å². The van der Waals surface area contributed by atoms with E-state index >= 15 is 0 Å². The minimum atomic E-state index is 0.195. The summed E-state index contributed by atoms with van der Waals surface area (Å²) in [4.78, 5) is 17.1. The van der Waals surface area contributed by atoms with Gasteiger partial charge in [0.25, 0.3) is 0 Å². The van der Waals surface area contributed by atoms with Crippen molar-refractivity contribution in [3.63, 3.8) is 0 Å². The van der Waals surface area contributed by atoms with Gasteiger partial charge >= 0.3 is 0 Å². The number of carbonyl (C=O) groups excluding carboxylic acids is 1. The van der Waals surface area contributed by atoms with Gasteiger partial charge in [0.2, 0.25) is 5.91 Å². The van der Waals surface area contributed by atoms with Gasteiger partial charge in [-0.25, -0.2) is 0 Å². The normalized spacial score (nSPS) is 13.7. The molecule has 0 unspecified atom stereocenters. The minimum Gasteiger partial charge on any atom is -0.496 e. The fourth-order valence-electron chi connectivity index (χ4n) is 4.08. The second-order valence-corrected chi connectivity index (χ2v) is 9.01. The average Bonchev–Trinajstić information content (AvgIpc) is 2.94. The van der Waals surface area contributed by atoms with Crippen molar-refractivity contribution in [3.8, 4) is 17.2 Å². The summed E-state index contributed by atoms with van der Waals surface area (Å²) in [6.07, 6.45) is 3.20. The molecule has 0 spiro atoms. The second kappa shape index (κ2) is 11.6. The van der Waals surface area contributed by atoms with Gasteiger partial charge in [-0.1, -0.05) is 6.07 Å². The van der Waals surface area contributed by atoms with E-state index in [1.807, 2.05) is 23.1 Å². The third-order valence-corrected chi connectivity index (χ3v) is 6.64. The Kier molecular flexibility index (Phi) is 8.82. The molecule has 2 aromatic rings. The lowest BCUT2D eigenvalue weighted by Gasteiger charge is -2.23. The fourth-order valence-corrected chi connectivity index (χ4v) is 4.63. The van der Waals surface area contributed by atoms with Crippen molar-refractivity contribution in [1.29, 1.82) is 0 Å². The Hall–Kier alpha value is -2.25. The molecule has 7 heteroatoms. The molecule has 0 atom stereocenters. The minimum absolute atomic E-state index is 0.195. The molecular formula is C25H33BrN2O4. The molecule has 1 amide bonds. The first-order valence-electron chi connectivity index (χ1n) is 11.0. The van der Waals surface area contributed by atoms with Gasteiger partial charge in [0.05, 0.1) is 32.2 Å². The number of fused-ring (bicyclic) bond motifs is 1. The summed E-state index contributed by atoms with van der Waals surface area (Å²) in [5.74, 6) is 2.49. The van der Waals surface area contributed by atoms with Crippen molar-refractivity contribution in [2.45, 2.75) is 25.7 Å². The summed E-state index contributed by atoms with van der Waals surface area (Å²) < 4.78 is 17.0. The molecule has 6 nitrogen and oxygen atoms in total. The number of rotatable bonds is 10. The Labute approximate surface area is 199 Å². The maximum atomic E-state index is 12.8. The number of carbonyl (C=O) groups is 1. The molecule has 174 valence electrons. The van der Waals surface area contributed by atoms with E-state index in [-0.39, 0.29) is 5.91 Å². The monoisotopic (exact) mass is 504 g/mol. The predicted octanol–water partition coefficient (Wildman–Crippen LogP) is 3.97. The Balaban J connectivity index is 1.46. The molecule has 0 aromatic heterocycles. The standard InChI is InChI=1S/C25H33BrN2O4/c1-27(12-8-18-6-7-22(30-2)24(14-18)32-4)10-5-11-28-13-9-19-15-21(26)23(31-3)16-20(19)17-25(28)29/h6-7,14-16H,5,8-13,17H2,1-4H3. The van der Waals surface area contributed by atoms with Crippen molar-refractivity contribution in [2.75, 3.05) is 54.6 Å². The van der Waals surface area contributed by atoms with Crippen LogP contribution in [0, 0.1) is 0 Å². The van der Waals surface area contributed by atoms with Gasteiger partial charge in [-0.2, -0.15) is 0 Å². The highest BCUT2D eigenvalue weighted by Crippen LogP contribution is 2.31. The van der Waals surface area contributed by atoms with Crippen LogP contribution in [0.1, 0.15) is 23.1 Å². The molecule has 1 aliphatic rings. The summed E-state index contributed by atoms with van der Waals surface area (Å²) in [7, 11) is 7.09. The molecule has 3 rings (SSSR count). The lowest BCUT2D eigenvalue weighted by atomic mass is 10.0. The molecule has 0 saturated heterocycles. The van der Waals surface area contributed by atoms with Gasteiger partial charge in [-0.3, -0.25) is 4.79 Å². The fraction of sp³-hybridized carbons (Fsp3) is 0.480. The highest BCUT2D eigenvalue weighted by molar-refractivity contribution is 9.10. The number of methoxy groups -OCH3 is 3. The van der Waals surface area contributed by atoms with Gasteiger partial charge in [0.1, 0.15) is 5.75 Å². The van der Waals surface area contributed by atoms with E-state index in [4.69, 9.17) is 14.2 Å². The van der Waals surface area contributed by atoms with Crippen LogP contribution in [-0.4, -0.2) is 70.3 Å². The predicted molar refractivity (Wildman–Crippen MR) is 130 cm³/mol. The van der Waals surface area contributed by atoms with Crippen LogP contribution < -0.4 is 14.2 Å². The van der Waals surface area contributed by atoms with Crippen LogP contribution in [0.15, 0.2) is 34.8 Å². The maximum absolute atomic E-state index is 12.8. The first-order valence-corrected chi connectivity index (χ1v) is 11.8. The Bertz CT molecular complexity index is 934. The van der Waals surface area contributed by atoms with Crippen molar-refractivity contribution < 1.29 is 19.0 Å². The molecule has 0 aliphatic carbocycles. The number of halogens is 1. The lowest BCUT2D eigenvalue weighted by molar-refractivity contribution is -0.130. The van der Waals surface area contributed by atoms with E-state index in [0.29, 0.717) is 6.42 Å². The largest absolute Gasteiger partial charge is 0.496 e. The van der Waals surface area contributed by atoms with Gasteiger partial charge in [0.15, 0.2) is 11.5 Å². The zero-order valence-corrected chi connectivity index (χ0v) is 21.0. The van der Waals surface area contributed by atoms with E-state index in [1.54, 1.807) is 21.3 Å². The first kappa shape index (κ1) is 24.4. The van der Waals surface area contributed by atoms with E-state index in [1.165, 1.54) is 11.1 Å². The average molecular weight is 505 g/mol. The van der Waals surface area contributed by atoms with E-state index in [2.05, 4.69) is 40.0 Å². The van der Waals surface area contributed by atoms with Crippen molar-refractivity contribution in [3.05, 3.63) is 51.5 Å². The summed E-state index contributed by atoms with van der Waals surface area (Å²) >= 11 is 3.55. The molecule has 32 heavy (non-hydrogen) atoms. The van der Waals surface area contributed by atoms with Crippen molar-refractivity contribution in [2.24, 2.45) is 0 Å². The number of ether oxygens (including phenoxy) is 3. The van der Waals surface area contributed by atoms with Gasteiger partial charge in [-0.05, 0) is 89.7 Å². The maximum Gasteiger partial charge on any atom is 0.227 e. The van der Waals surface area contributed by atoms with Crippen molar-refractivity contribution >= 4 is 21.8 Å². The lowest BCUT2D eigenvalue weighted by Crippen LogP contribution is -2.35. The van der Waals surface area contributed by atoms with E-state index < -0.39 is 0 Å². The third kappa shape index (κ3) is 6.17. The van der Waals surface area contributed by atoms with Crippen LogP contribution in [0.5, 0.6) is 17.2 Å². The number of amides is 1. The summed E-state index contributed by atoms with van der Waals surface area (Å²) in [6, 6.07) is 10.1. The first-order chi connectivity index (χ1) is 15.4. The molecule has 2 aromatic carbocycles. The smallest absolute Gasteiger partial charge is 0.227 e. The summed E-state index contributed by atoms with van der Waals surface area (Å²) in [5.41, 5.74) is 3.52. The molecule has 0 saturated carbocycles. The highest BCUT2D eigenvalue weighted by Gasteiger charge is 2.21. The Morgan fingerprint density at radius 1 is 0.969 bits per heavy atom. The second-order valence-electron chi connectivity index (χ2n) is 8.16. The zero-order valence-electron chi connectivity index (χ0n) is 19.4. The van der Waals surface area contributed by atoms with Crippen LogP contribution in [0.3, 0.4) is 0 Å². The van der Waals surface area contributed by atoms with Crippen LogP contribution in [0.4, 0.5) is 0 Å². The van der Waals surface area contributed by atoms with E-state index in [0.717, 1.165) is 72.7 Å². The number of likely N-dealkylation sites (N-methyl/N-ethyl adjacent to an activating group) is 1. The molecule has 0 fully saturated rings. The van der Waals surface area contributed by atoms with E-state index in [9.17, 15) is 4.79 Å². The van der Waals surface area contributed by atoms with Crippen LogP contribution in [-0.2, 0) is 24.1 Å². The number of hydrogen-bond donors (Lipinski definition) is 0.